The molecule has 2 heterocycles. The molecule has 110 valence electrons. The van der Waals surface area contributed by atoms with Gasteiger partial charge in [-0.3, -0.25) is 10.1 Å². The summed E-state index contributed by atoms with van der Waals surface area (Å²) in [4.78, 5) is 16.3. The predicted molar refractivity (Wildman–Crippen MR) is 79.6 cm³/mol. The molecule has 0 saturated carbocycles. The molecule has 0 aliphatic carbocycles. The van der Waals surface area contributed by atoms with Crippen LogP contribution in [0.25, 0.3) is 11.4 Å². The van der Waals surface area contributed by atoms with Crippen molar-refractivity contribution in [3.05, 3.63) is 30.1 Å². The fourth-order valence-corrected chi connectivity index (χ4v) is 2.85. The van der Waals surface area contributed by atoms with Gasteiger partial charge in [0.05, 0.1) is 6.04 Å². The van der Waals surface area contributed by atoms with Gasteiger partial charge in [0.25, 0.3) is 0 Å². The molecule has 1 fully saturated rings. The van der Waals surface area contributed by atoms with Gasteiger partial charge in [-0.2, -0.15) is 9.36 Å². The minimum absolute atomic E-state index is 0.0727. The van der Waals surface area contributed by atoms with E-state index in [1.807, 2.05) is 0 Å². The number of benzene rings is 1. The molecule has 2 aromatic rings. The van der Waals surface area contributed by atoms with Crippen molar-refractivity contribution in [3.8, 4) is 11.4 Å². The molecule has 0 spiro atoms. The number of hydrogen-bond donors (Lipinski definition) is 2. The van der Waals surface area contributed by atoms with Gasteiger partial charge in [-0.05, 0) is 43.7 Å². The molecule has 1 atom stereocenters. The second kappa shape index (κ2) is 6.28. The van der Waals surface area contributed by atoms with Crippen LogP contribution in [0, 0.1) is 5.82 Å². The van der Waals surface area contributed by atoms with Crippen LogP contribution in [0.3, 0.4) is 0 Å². The van der Waals surface area contributed by atoms with Gasteiger partial charge in [0.1, 0.15) is 5.82 Å². The number of carbonyl (C=O) groups is 1. The van der Waals surface area contributed by atoms with Gasteiger partial charge in [-0.25, -0.2) is 4.39 Å². The van der Waals surface area contributed by atoms with Crippen molar-refractivity contribution in [2.24, 2.45) is 0 Å². The van der Waals surface area contributed by atoms with Gasteiger partial charge < -0.3 is 5.32 Å². The van der Waals surface area contributed by atoms with E-state index in [1.165, 1.54) is 12.1 Å². The van der Waals surface area contributed by atoms with Crippen LogP contribution in [-0.2, 0) is 4.79 Å². The van der Waals surface area contributed by atoms with Crippen LogP contribution < -0.4 is 10.6 Å². The zero-order chi connectivity index (χ0) is 14.7. The molecule has 1 aliphatic rings. The largest absolute Gasteiger partial charge is 0.306 e. The summed E-state index contributed by atoms with van der Waals surface area (Å²) in [5, 5.41) is 6.43. The third-order valence-electron chi connectivity index (χ3n) is 3.39. The van der Waals surface area contributed by atoms with Gasteiger partial charge in [-0.15, -0.1) is 0 Å². The molecule has 1 amide bonds. The Bertz CT molecular complexity index is 622. The Morgan fingerprint density at radius 2 is 2.14 bits per heavy atom. The van der Waals surface area contributed by atoms with Crippen molar-refractivity contribution in [1.82, 2.24) is 14.7 Å². The highest BCUT2D eigenvalue weighted by molar-refractivity contribution is 7.10. The van der Waals surface area contributed by atoms with E-state index in [4.69, 9.17) is 0 Å². The van der Waals surface area contributed by atoms with Crippen LogP contribution in [0.2, 0.25) is 0 Å². The summed E-state index contributed by atoms with van der Waals surface area (Å²) < 4.78 is 17.1. The Labute approximate surface area is 125 Å². The van der Waals surface area contributed by atoms with Crippen LogP contribution in [0.1, 0.15) is 19.3 Å². The summed E-state index contributed by atoms with van der Waals surface area (Å²) in [6.07, 6.45) is 3.01. The predicted octanol–water partition coefficient (Wildman–Crippen LogP) is 2.42. The number of anilines is 1. The van der Waals surface area contributed by atoms with Crippen molar-refractivity contribution in [2.45, 2.75) is 25.3 Å². The Kier molecular flexibility index (Phi) is 4.21. The molecular formula is C14H15FN4OS. The van der Waals surface area contributed by atoms with Crippen molar-refractivity contribution >= 4 is 22.6 Å². The highest BCUT2D eigenvalue weighted by Crippen LogP contribution is 2.21. The number of nitrogens with zero attached hydrogens (tertiary/aromatic N) is 2. The Balaban J connectivity index is 1.67. The molecular weight excluding hydrogens is 291 g/mol. The lowest BCUT2D eigenvalue weighted by molar-refractivity contribution is -0.118. The number of piperidine rings is 1. The number of hydrogen-bond acceptors (Lipinski definition) is 5. The monoisotopic (exact) mass is 306 g/mol. The number of aromatic nitrogens is 2. The van der Waals surface area contributed by atoms with Gasteiger partial charge in [0, 0.05) is 17.1 Å². The minimum Gasteiger partial charge on any atom is -0.306 e. The summed E-state index contributed by atoms with van der Waals surface area (Å²) in [6.45, 7) is 0.870. The zero-order valence-electron chi connectivity index (χ0n) is 11.3. The lowest BCUT2D eigenvalue weighted by Crippen LogP contribution is -2.43. The van der Waals surface area contributed by atoms with Crippen LogP contribution in [0.15, 0.2) is 24.3 Å². The molecule has 3 rings (SSSR count). The Hall–Kier alpha value is -1.86. The molecule has 1 aliphatic heterocycles. The molecule has 21 heavy (non-hydrogen) atoms. The summed E-state index contributed by atoms with van der Waals surface area (Å²) in [6, 6.07) is 5.80. The van der Waals surface area contributed by atoms with E-state index < -0.39 is 0 Å². The van der Waals surface area contributed by atoms with E-state index in [9.17, 15) is 9.18 Å². The summed E-state index contributed by atoms with van der Waals surface area (Å²) in [5.74, 6) is 0.120. The van der Waals surface area contributed by atoms with Crippen LogP contribution in [0.4, 0.5) is 9.52 Å². The van der Waals surface area contributed by atoms with Gasteiger partial charge in [0.2, 0.25) is 11.0 Å². The molecule has 1 aromatic heterocycles. The fraction of sp³-hybridized carbons (Fsp3) is 0.357. The van der Waals surface area contributed by atoms with Crippen LogP contribution >= 0.6 is 11.5 Å². The number of amides is 1. The molecule has 1 aromatic carbocycles. The molecule has 0 radical (unpaired) electrons. The van der Waals surface area contributed by atoms with Crippen LogP contribution in [-0.4, -0.2) is 27.9 Å². The van der Waals surface area contributed by atoms with E-state index in [0.29, 0.717) is 11.0 Å². The van der Waals surface area contributed by atoms with E-state index in [-0.39, 0.29) is 17.8 Å². The molecule has 0 bridgehead atoms. The normalized spacial score (nSPS) is 18.4. The average molecular weight is 306 g/mol. The van der Waals surface area contributed by atoms with Gasteiger partial charge in [0.15, 0.2) is 5.82 Å². The van der Waals surface area contributed by atoms with Crippen LogP contribution in [0.5, 0.6) is 0 Å². The lowest BCUT2D eigenvalue weighted by Gasteiger charge is -2.21. The van der Waals surface area contributed by atoms with E-state index in [2.05, 4.69) is 20.0 Å². The average Bonchev–Trinajstić information content (AvgIpc) is 2.97. The first kappa shape index (κ1) is 14.1. The summed E-state index contributed by atoms with van der Waals surface area (Å²) in [5.41, 5.74) is 0.726. The quantitative estimate of drug-likeness (QED) is 0.914. The highest BCUT2D eigenvalue weighted by atomic mass is 32.1. The Morgan fingerprint density at radius 3 is 2.86 bits per heavy atom. The second-order valence-corrected chi connectivity index (χ2v) is 5.67. The summed E-state index contributed by atoms with van der Waals surface area (Å²) >= 11 is 1.13. The first-order chi connectivity index (χ1) is 10.2. The third kappa shape index (κ3) is 3.43. The molecule has 1 saturated heterocycles. The standard InChI is InChI=1S/C14H15FN4OS/c15-10-6-4-9(5-7-10)12-17-14(21-19-12)18-13(20)11-3-1-2-8-16-11/h4-7,11,16H,1-3,8H2,(H,17,18,19,20)/t11-/m0/s1. The Morgan fingerprint density at radius 1 is 1.33 bits per heavy atom. The second-order valence-electron chi connectivity index (χ2n) is 4.92. The fourth-order valence-electron chi connectivity index (χ4n) is 2.26. The minimum atomic E-state index is -0.300. The maximum Gasteiger partial charge on any atom is 0.243 e. The first-order valence-corrected chi connectivity index (χ1v) is 7.63. The van der Waals surface area contributed by atoms with Crippen molar-refractivity contribution < 1.29 is 9.18 Å². The third-order valence-corrected chi connectivity index (χ3v) is 4.02. The maximum absolute atomic E-state index is 12.9. The van der Waals surface area contributed by atoms with E-state index >= 15 is 0 Å². The maximum atomic E-state index is 12.9. The lowest BCUT2D eigenvalue weighted by atomic mass is 10.0. The molecule has 5 nitrogen and oxygen atoms in total. The summed E-state index contributed by atoms with van der Waals surface area (Å²) in [7, 11) is 0. The molecule has 7 heteroatoms. The van der Waals surface area contributed by atoms with E-state index in [1.54, 1.807) is 12.1 Å². The zero-order valence-corrected chi connectivity index (χ0v) is 12.1. The SMILES string of the molecule is O=C(Nc1nc(-c2ccc(F)cc2)ns1)[C@@H]1CCCCN1. The number of carbonyl (C=O) groups excluding carboxylic acids is 1. The van der Waals surface area contributed by atoms with Crippen molar-refractivity contribution in [2.75, 3.05) is 11.9 Å². The first-order valence-electron chi connectivity index (χ1n) is 6.86. The van der Waals surface area contributed by atoms with Gasteiger partial charge >= 0.3 is 0 Å². The molecule has 2 N–H and O–H groups in total. The molecule has 0 unspecified atom stereocenters. The van der Waals surface area contributed by atoms with Gasteiger partial charge in [-0.1, -0.05) is 6.42 Å². The number of halogens is 1. The number of nitrogens with one attached hydrogen (secondary N) is 2. The number of rotatable bonds is 3. The van der Waals surface area contributed by atoms with Crippen molar-refractivity contribution in [3.63, 3.8) is 0 Å². The van der Waals surface area contributed by atoms with Crippen molar-refractivity contribution in [1.29, 1.82) is 0 Å². The van der Waals surface area contributed by atoms with E-state index in [0.717, 1.165) is 42.9 Å². The highest BCUT2D eigenvalue weighted by Gasteiger charge is 2.21. The smallest absolute Gasteiger partial charge is 0.243 e. The topological polar surface area (TPSA) is 66.9 Å².